The molecule has 7 amide bonds. The van der Waals surface area contributed by atoms with Crippen molar-refractivity contribution in [2.24, 2.45) is 23.5 Å². The van der Waals surface area contributed by atoms with Crippen molar-refractivity contribution < 1.29 is 73.2 Å². The molecule has 0 aromatic heterocycles. The Hall–Kier alpha value is -5.52. The zero-order valence-corrected chi connectivity index (χ0v) is 36.9. The molecule has 0 radical (unpaired) electrons. The van der Waals surface area contributed by atoms with E-state index in [9.17, 15) is 73.2 Å². The summed E-state index contributed by atoms with van der Waals surface area (Å²) in [4.78, 5) is 139. The first-order valence-corrected chi connectivity index (χ1v) is 21.4. The van der Waals surface area contributed by atoms with Crippen LogP contribution in [0.15, 0.2) is 0 Å². The summed E-state index contributed by atoms with van der Waals surface area (Å²) in [7, 11) is 0. The number of carbonyl (C=O) groups excluding carboxylic acids is 7. The predicted molar refractivity (Wildman–Crippen MR) is 223 cm³/mol. The lowest BCUT2D eigenvalue weighted by Gasteiger charge is -2.28. The van der Waals surface area contributed by atoms with Crippen molar-refractivity contribution in [3.8, 4) is 0 Å². The average Bonchev–Trinajstić information content (AvgIpc) is 3.16. The van der Waals surface area contributed by atoms with Crippen LogP contribution in [-0.2, 0) is 52.7 Å². The monoisotopic (exact) mass is 904 g/mol. The Balaban J connectivity index is 6.38. The van der Waals surface area contributed by atoms with Crippen LogP contribution in [0.4, 0.5) is 0 Å². The summed E-state index contributed by atoms with van der Waals surface area (Å²) in [6.45, 7) is 9.58. The summed E-state index contributed by atoms with van der Waals surface area (Å²) in [5.74, 6) is -13.5. The molecule has 0 rings (SSSR count). The van der Waals surface area contributed by atoms with E-state index in [1.54, 1.807) is 27.0 Å². The van der Waals surface area contributed by atoms with Crippen molar-refractivity contribution in [1.82, 2.24) is 37.2 Å². The molecule has 62 heavy (non-hydrogen) atoms. The number of carboxylic acid groups (broad SMARTS) is 4. The van der Waals surface area contributed by atoms with Gasteiger partial charge in [0.2, 0.25) is 41.4 Å². The number of carboxylic acids is 4. The van der Waals surface area contributed by atoms with E-state index in [-0.39, 0.29) is 31.1 Å². The smallest absolute Gasteiger partial charge is 0.326 e. The lowest BCUT2D eigenvalue weighted by molar-refractivity contribution is -0.143. The number of hydrogen-bond donors (Lipinski definition) is 12. The van der Waals surface area contributed by atoms with Crippen LogP contribution in [-0.4, -0.2) is 146 Å². The topological polar surface area (TPSA) is 379 Å². The maximum atomic E-state index is 13.7. The summed E-state index contributed by atoms with van der Waals surface area (Å²) in [5, 5.41) is 54.1. The lowest BCUT2D eigenvalue weighted by Crippen LogP contribution is -2.61. The van der Waals surface area contributed by atoms with Gasteiger partial charge in [-0.05, 0) is 55.4 Å². The molecule has 0 aromatic rings. The highest BCUT2D eigenvalue weighted by Gasteiger charge is 2.36. The largest absolute Gasteiger partial charge is 0.481 e. The lowest BCUT2D eigenvalue weighted by atomic mass is 9.97. The molecule has 0 aliphatic heterocycles. The summed E-state index contributed by atoms with van der Waals surface area (Å²) in [6.07, 6.45) is -1.04. The van der Waals surface area contributed by atoms with Gasteiger partial charge >= 0.3 is 23.9 Å². The zero-order chi connectivity index (χ0) is 47.9. The van der Waals surface area contributed by atoms with Gasteiger partial charge in [-0.1, -0.05) is 48.0 Å². The number of aliphatic carboxylic acids is 4. The molecule has 13 N–H and O–H groups in total. The quantitative estimate of drug-likeness (QED) is 0.0362. The van der Waals surface area contributed by atoms with Crippen LogP contribution in [0, 0.1) is 17.8 Å². The van der Waals surface area contributed by atoms with Gasteiger partial charge in [0.15, 0.2) is 0 Å². The minimum Gasteiger partial charge on any atom is -0.481 e. The van der Waals surface area contributed by atoms with Crippen LogP contribution in [0.3, 0.4) is 0 Å². The first kappa shape index (κ1) is 56.5. The Bertz CT molecular complexity index is 1600. The normalized spacial score (nSPS) is 14.9. The third-order valence-corrected chi connectivity index (χ3v) is 9.81. The fourth-order valence-electron chi connectivity index (χ4n) is 5.69. The first-order valence-electron chi connectivity index (χ1n) is 20.0. The van der Waals surface area contributed by atoms with E-state index in [1.807, 2.05) is 13.8 Å². The summed E-state index contributed by atoms with van der Waals surface area (Å²) < 4.78 is 0. The Labute approximate surface area is 364 Å². The predicted octanol–water partition coefficient (Wildman–Crippen LogP) is -1.87. The van der Waals surface area contributed by atoms with Crippen LogP contribution in [0.1, 0.15) is 92.9 Å². The summed E-state index contributed by atoms with van der Waals surface area (Å²) in [6, 6.07) is -10.6. The molecule has 8 atom stereocenters. The fourth-order valence-corrected chi connectivity index (χ4v) is 6.17. The number of rotatable bonds is 31. The second kappa shape index (κ2) is 28.9. The minimum absolute atomic E-state index is 0.00646. The van der Waals surface area contributed by atoms with Gasteiger partial charge in [0.1, 0.15) is 36.3 Å². The number of nitrogens with one attached hydrogen (secondary N) is 7. The molecule has 0 aliphatic rings. The first-order chi connectivity index (χ1) is 28.8. The maximum absolute atomic E-state index is 13.7. The van der Waals surface area contributed by atoms with E-state index < -0.39 is 146 Å². The second-order valence-corrected chi connectivity index (χ2v) is 16.6. The van der Waals surface area contributed by atoms with Crippen molar-refractivity contribution in [2.45, 2.75) is 135 Å². The number of nitrogens with two attached hydrogens (primary N) is 1. The van der Waals surface area contributed by atoms with Gasteiger partial charge in [0.05, 0.1) is 25.4 Å². The van der Waals surface area contributed by atoms with E-state index in [0.29, 0.717) is 12.2 Å². The van der Waals surface area contributed by atoms with Gasteiger partial charge in [0, 0.05) is 6.42 Å². The molecule has 0 saturated heterocycles. The number of carbonyl (C=O) groups is 11. The molecular weight excluding hydrogens is 841 g/mol. The molecule has 0 saturated carbocycles. The van der Waals surface area contributed by atoms with Crippen LogP contribution in [0.25, 0.3) is 0 Å². The molecule has 0 unspecified atom stereocenters. The van der Waals surface area contributed by atoms with Crippen LogP contribution < -0.4 is 43.0 Å². The molecule has 0 bridgehead atoms. The van der Waals surface area contributed by atoms with Crippen molar-refractivity contribution in [3.63, 3.8) is 0 Å². The van der Waals surface area contributed by atoms with E-state index in [4.69, 9.17) is 5.73 Å². The van der Waals surface area contributed by atoms with Crippen molar-refractivity contribution in [2.75, 3.05) is 18.6 Å². The molecule has 0 spiro atoms. The molecule has 0 aromatic carbocycles. The molecule has 24 heteroatoms. The molecule has 23 nitrogen and oxygen atoms in total. The van der Waals surface area contributed by atoms with Crippen molar-refractivity contribution in [1.29, 1.82) is 0 Å². The second-order valence-electron chi connectivity index (χ2n) is 15.6. The zero-order valence-electron chi connectivity index (χ0n) is 36.1. The van der Waals surface area contributed by atoms with Crippen LogP contribution in [0.2, 0.25) is 0 Å². The fraction of sp³-hybridized carbons (Fsp3) is 0.711. The summed E-state index contributed by atoms with van der Waals surface area (Å²) in [5.41, 5.74) is 5.81. The Morgan fingerprint density at radius 3 is 1.45 bits per heavy atom. The number of thioether (sulfide) groups is 1. The molecule has 0 aliphatic carbocycles. The van der Waals surface area contributed by atoms with Crippen LogP contribution in [0.5, 0.6) is 0 Å². The standard InChI is InChI=1S/C38H64N8O15S/c1-8-20(6)31(46-36(58)24(15-29(50)51)41-27(47)17-40-32(54)21(39)13-18(2)3)37(59)44-25(16-30(52)53)35(57)42-22(9-10-28(48)49)33(55)43-23(11-12-62-7)34(56)45-26(38(60)61)14-19(4)5/h18-26,31H,8-17,39H2,1-7H3,(H,40,54)(H,41,47)(H,42,57)(H,43,55)(H,44,59)(H,45,56)(H,46,58)(H,48,49)(H,50,51)(H,52,53)(H,60,61)/t20-,21-,22-,23-,24-,25-,26-,31-/m0/s1. The highest BCUT2D eigenvalue weighted by atomic mass is 32.2. The van der Waals surface area contributed by atoms with E-state index in [1.165, 1.54) is 18.7 Å². The number of amides is 7. The van der Waals surface area contributed by atoms with Crippen LogP contribution >= 0.6 is 11.8 Å². The van der Waals surface area contributed by atoms with Gasteiger partial charge in [-0.15, -0.1) is 0 Å². The van der Waals surface area contributed by atoms with Gasteiger partial charge in [0.25, 0.3) is 0 Å². The highest BCUT2D eigenvalue weighted by molar-refractivity contribution is 7.98. The minimum atomic E-state index is -1.95. The van der Waals surface area contributed by atoms with Gasteiger partial charge < -0.3 is 63.4 Å². The van der Waals surface area contributed by atoms with Gasteiger partial charge in [-0.2, -0.15) is 11.8 Å². The molecule has 352 valence electrons. The summed E-state index contributed by atoms with van der Waals surface area (Å²) >= 11 is 1.30. The van der Waals surface area contributed by atoms with Gasteiger partial charge in [-0.3, -0.25) is 47.9 Å². The molecular formula is C38H64N8O15S. The van der Waals surface area contributed by atoms with E-state index in [0.717, 1.165) is 0 Å². The maximum Gasteiger partial charge on any atom is 0.326 e. The third kappa shape index (κ3) is 22.9. The SMILES string of the molecule is CC[C@H](C)[C@H](NC(=O)[C@H](CC(=O)O)NC(=O)CNC(=O)[C@@H](N)CC(C)C)C(=O)N[C@@H](CC(=O)O)C(=O)N[C@@H](CCC(=O)O)C(=O)N[C@@H](CCSC)C(=O)N[C@@H](CC(C)C)C(=O)O. The Kier molecular flexibility index (Phi) is 26.3. The average molecular weight is 905 g/mol. The molecule has 0 heterocycles. The van der Waals surface area contributed by atoms with Gasteiger partial charge in [-0.25, -0.2) is 4.79 Å². The van der Waals surface area contributed by atoms with Crippen molar-refractivity contribution in [3.05, 3.63) is 0 Å². The third-order valence-electron chi connectivity index (χ3n) is 9.17. The Morgan fingerprint density at radius 1 is 0.548 bits per heavy atom. The molecule has 0 fully saturated rings. The van der Waals surface area contributed by atoms with E-state index >= 15 is 0 Å². The number of hydrogen-bond acceptors (Lipinski definition) is 13. The van der Waals surface area contributed by atoms with E-state index in [2.05, 4.69) is 37.2 Å². The Morgan fingerprint density at radius 2 is 1.00 bits per heavy atom. The van der Waals surface area contributed by atoms with Crippen molar-refractivity contribution >= 4 is 77.0 Å². The highest BCUT2D eigenvalue weighted by Crippen LogP contribution is 2.12.